The van der Waals surface area contributed by atoms with Gasteiger partial charge >= 0.3 is 6.09 Å². The largest absolute Gasteiger partial charge is 0.445 e. The summed E-state index contributed by atoms with van der Waals surface area (Å²) in [5.74, 6) is 0. The van der Waals surface area contributed by atoms with E-state index < -0.39 is 0 Å². The van der Waals surface area contributed by atoms with Gasteiger partial charge in [-0.05, 0) is 25.3 Å². The minimum Gasteiger partial charge on any atom is -0.445 e. The van der Waals surface area contributed by atoms with Gasteiger partial charge in [0.25, 0.3) is 0 Å². The van der Waals surface area contributed by atoms with Crippen molar-refractivity contribution in [3.63, 3.8) is 0 Å². The van der Waals surface area contributed by atoms with E-state index in [9.17, 15) is 4.79 Å². The standard InChI is InChI=1S/C19H28N2O4/c1-15-11-17(7-9-23-15)20-12-18-13-21(8-10-24-18)19(22)25-14-16-5-3-2-4-6-16/h2-6,15,17-18,20H,7-14H2,1H3. The van der Waals surface area contributed by atoms with Crippen molar-refractivity contribution in [3.8, 4) is 0 Å². The lowest BCUT2D eigenvalue weighted by molar-refractivity contribution is -0.0326. The molecule has 2 heterocycles. The predicted octanol–water partition coefficient (Wildman–Crippen LogP) is 2.18. The highest BCUT2D eigenvalue weighted by molar-refractivity contribution is 5.67. The quantitative estimate of drug-likeness (QED) is 0.884. The molecule has 1 aromatic rings. The van der Waals surface area contributed by atoms with Crippen LogP contribution >= 0.6 is 0 Å². The van der Waals surface area contributed by atoms with Crippen LogP contribution in [0.1, 0.15) is 25.3 Å². The van der Waals surface area contributed by atoms with Gasteiger partial charge in [0.05, 0.1) is 25.4 Å². The molecule has 0 aliphatic carbocycles. The first-order valence-corrected chi connectivity index (χ1v) is 9.13. The smallest absolute Gasteiger partial charge is 0.410 e. The maximum Gasteiger partial charge on any atom is 0.410 e. The molecule has 3 atom stereocenters. The van der Waals surface area contributed by atoms with Crippen LogP contribution in [0.3, 0.4) is 0 Å². The van der Waals surface area contributed by atoms with Gasteiger partial charge in [0.1, 0.15) is 6.61 Å². The van der Waals surface area contributed by atoms with Crippen LogP contribution in [-0.4, -0.2) is 62.1 Å². The van der Waals surface area contributed by atoms with Crippen LogP contribution in [0.2, 0.25) is 0 Å². The second-order valence-corrected chi connectivity index (χ2v) is 6.79. The molecular formula is C19H28N2O4. The normalized spacial score (nSPS) is 27.1. The van der Waals surface area contributed by atoms with Crippen LogP contribution in [0.5, 0.6) is 0 Å². The molecule has 0 spiro atoms. The number of nitrogens with one attached hydrogen (secondary N) is 1. The van der Waals surface area contributed by atoms with Crippen LogP contribution in [0.15, 0.2) is 30.3 Å². The van der Waals surface area contributed by atoms with E-state index in [0.29, 0.717) is 38.4 Å². The summed E-state index contributed by atoms with van der Waals surface area (Å²) < 4.78 is 16.8. The summed E-state index contributed by atoms with van der Waals surface area (Å²) >= 11 is 0. The Hall–Kier alpha value is -1.63. The first kappa shape index (κ1) is 18.2. The summed E-state index contributed by atoms with van der Waals surface area (Å²) in [5.41, 5.74) is 0.996. The molecule has 3 unspecified atom stereocenters. The van der Waals surface area contributed by atoms with Crippen molar-refractivity contribution in [2.45, 2.75) is 44.6 Å². The van der Waals surface area contributed by atoms with E-state index in [2.05, 4.69) is 12.2 Å². The third-order valence-corrected chi connectivity index (χ3v) is 4.72. The summed E-state index contributed by atoms with van der Waals surface area (Å²) in [5, 5.41) is 3.56. The SMILES string of the molecule is CC1CC(NCC2CN(C(=O)OCc3ccccc3)CCO2)CCO1. The molecule has 2 fully saturated rings. The zero-order chi connectivity index (χ0) is 17.5. The Morgan fingerprint density at radius 2 is 2.12 bits per heavy atom. The fourth-order valence-electron chi connectivity index (χ4n) is 3.30. The average Bonchev–Trinajstić information content (AvgIpc) is 2.65. The lowest BCUT2D eigenvalue weighted by atomic mass is 10.0. The van der Waals surface area contributed by atoms with Gasteiger partial charge in [0.2, 0.25) is 0 Å². The second kappa shape index (κ2) is 9.17. The van der Waals surface area contributed by atoms with E-state index in [4.69, 9.17) is 14.2 Å². The van der Waals surface area contributed by atoms with Gasteiger partial charge in [0, 0.05) is 25.7 Å². The van der Waals surface area contributed by atoms with Gasteiger partial charge in [0.15, 0.2) is 0 Å². The van der Waals surface area contributed by atoms with E-state index in [0.717, 1.165) is 31.6 Å². The lowest BCUT2D eigenvalue weighted by Crippen LogP contribution is -2.51. The number of hydrogen-bond donors (Lipinski definition) is 1. The number of morpholine rings is 1. The van der Waals surface area contributed by atoms with Crippen molar-refractivity contribution >= 4 is 6.09 Å². The lowest BCUT2D eigenvalue weighted by Gasteiger charge is -2.34. The predicted molar refractivity (Wildman–Crippen MR) is 94.4 cm³/mol. The van der Waals surface area contributed by atoms with Crippen molar-refractivity contribution in [3.05, 3.63) is 35.9 Å². The molecule has 1 aromatic carbocycles. The van der Waals surface area contributed by atoms with Crippen LogP contribution in [0, 0.1) is 0 Å². The van der Waals surface area contributed by atoms with Crippen LogP contribution in [0.4, 0.5) is 4.79 Å². The second-order valence-electron chi connectivity index (χ2n) is 6.79. The minimum absolute atomic E-state index is 0.0103. The molecule has 25 heavy (non-hydrogen) atoms. The number of rotatable bonds is 5. The Bertz CT molecular complexity index is 539. The minimum atomic E-state index is -0.267. The monoisotopic (exact) mass is 348 g/mol. The maximum atomic E-state index is 12.3. The molecule has 0 aromatic heterocycles. The molecule has 3 rings (SSSR count). The molecule has 2 aliphatic heterocycles. The Labute approximate surface area is 149 Å². The Morgan fingerprint density at radius 3 is 2.92 bits per heavy atom. The van der Waals surface area contributed by atoms with Crippen molar-refractivity contribution in [2.75, 3.05) is 32.8 Å². The molecular weight excluding hydrogens is 320 g/mol. The van der Waals surface area contributed by atoms with E-state index in [1.54, 1.807) is 4.90 Å². The fraction of sp³-hybridized carbons (Fsp3) is 0.632. The van der Waals surface area contributed by atoms with Crippen LogP contribution in [-0.2, 0) is 20.8 Å². The molecule has 2 saturated heterocycles. The molecule has 1 N–H and O–H groups in total. The van der Waals surface area contributed by atoms with Crippen molar-refractivity contribution in [1.29, 1.82) is 0 Å². The van der Waals surface area contributed by atoms with Crippen molar-refractivity contribution in [1.82, 2.24) is 10.2 Å². The number of carbonyl (C=O) groups is 1. The average molecular weight is 348 g/mol. The fourth-order valence-corrected chi connectivity index (χ4v) is 3.30. The number of ether oxygens (including phenoxy) is 3. The Kier molecular flexibility index (Phi) is 6.67. The molecule has 1 amide bonds. The topological polar surface area (TPSA) is 60.0 Å². The summed E-state index contributed by atoms with van der Waals surface area (Å²) in [4.78, 5) is 14.0. The summed E-state index contributed by atoms with van der Waals surface area (Å²) in [6.45, 7) is 5.67. The molecule has 6 heteroatoms. The Morgan fingerprint density at radius 1 is 1.28 bits per heavy atom. The number of benzene rings is 1. The van der Waals surface area contributed by atoms with E-state index in [1.807, 2.05) is 30.3 Å². The molecule has 138 valence electrons. The molecule has 0 bridgehead atoms. The first-order chi connectivity index (χ1) is 12.2. The number of nitrogens with zero attached hydrogens (tertiary/aromatic N) is 1. The summed E-state index contributed by atoms with van der Waals surface area (Å²) in [6, 6.07) is 10.2. The molecule has 6 nitrogen and oxygen atoms in total. The zero-order valence-electron chi connectivity index (χ0n) is 14.9. The summed E-state index contributed by atoms with van der Waals surface area (Å²) in [7, 11) is 0. The molecule has 0 radical (unpaired) electrons. The van der Waals surface area contributed by atoms with Crippen molar-refractivity contribution in [2.24, 2.45) is 0 Å². The van der Waals surface area contributed by atoms with Gasteiger partial charge in [-0.1, -0.05) is 30.3 Å². The number of amides is 1. The maximum absolute atomic E-state index is 12.3. The molecule has 0 saturated carbocycles. The Balaban J connectivity index is 1.40. The van der Waals surface area contributed by atoms with Gasteiger partial charge in [-0.25, -0.2) is 4.79 Å². The van der Waals surface area contributed by atoms with Crippen LogP contribution in [0.25, 0.3) is 0 Å². The summed E-state index contributed by atoms with van der Waals surface area (Å²) in [6.07, 6.45) is 2.10. The van der Waals surface area contributed by atoms with Gasteiger partial charge in [-0.2, -0.15) is 0 Å². The highest BCUT2D eigenvalue weighted by atomic mass is 16.6. The van der Waals surface area contributed by atoms with E-state index >= 15 is 0 Å². The number of carbonyl (C=O) groups excluding carboxylic acids is 1. The van der Waals surface area contributed by atoms with Crippen molar-refractivity contribution < 1.29 is 19.0 Å². The third-order valence-electron chi connectivity index (χ3n) is 4.72. The zero-order valence-corrected chi connectivity index (χ0v) is 14.9. The van der Waals surface area contributed by atoms with Gasteiger partial charge in [-0.3, -0.25) is 0 Å². The highest BCUT2D eigenvalue weighted by Crippen LogP contribution is 2.14. The van der Waals surface area contributed by atoms with E-state index in [-0.39, 0.29) is 12.2 Å². The molecule has 2 aliphatic rings. The van der Waals surface area contributed by atoms with E-state index in [1.165, 1.54) is 0 Å². The number of hydrogen-bond acceptors (Lipinski definition) is 5. The van der Waals surface area contributed by atoms with Gasteiger partial charge < -0.3 is 24.4 Å². The first-order valence-electron chi connectivity index (χ1n) is 9.13. The highest BCUT2D eigenvalue weighted by Gasteiger charge is 2.26. The third kappa shape index (κ3) is 5.70. The van der Waals surface area contributed by atoms with Crippen LogP contribution < -0.4 is 5.32 Å². The van der Waals surface area contributed by atoms with Gasteiger partial charge in [-0.15, -0.1) is 0 Å².